The molecule has 9 heteroatoms. The quantitative estimate of drug-likeness (QED) is 0.736. The molecule has 0 fully saturated rings. The molecule has 1 aromatic heterocycles. The van der Waals surface area contributed by atoms with E-state index in [9.17, 15) is 14.4 Å². The van der Waals surface area contributed by atoms with Crippen LogP contribution in [-0.4, -0.2) is 35.0 Å². The van der Waals surface area contributed by atoms with Crippen LogP contribution >= 0.6 is 22.9 Å². The van der Waals surface area contributed by atoms with E-state index < -0.39 is 24.0 Å². The molecule has 0 spiro atoms. The minimum absolute atomic E-state index is 0.123. The zero-order valence-corrected chi connectivity index (χ0v) is 16.9. The zero-order chi connectivity index (χ0) is 20.1. The van der Waals surface area contributed by atoms with Gasteiger partial charge in [0.25, 0.3) is 5.91 Å². The van der Waals surface area contributed by atoms with Gasteiger partial charge in [0, 0.05) is 16.6 Å². The van der Waals surface area contributed by atoms with Crippen molar-refractivity contribution in [3.05, 3.63) is 39.9 Å². The number of amides is 3. The van der Waals surface area contributed by atoms with Crippen molar-refractivity contribution < 1.29 is 19.1 Å². The molecule has 0 aliphatic rings. The lowest BCUT2D eigenvalue weighted by molar-refractivity contribution is -0.127. The number of esters is 1. The number of nitrogens with one attached hydrogen (secondary N) is 2. The topological polar surface area (TPSA) is 97.4 Å². The molecule has 0 saturated carbocycles. The first-order chi connectivity index (χ1) is 12.7. The number of carbonyl (C=O) groups is 3. The molecule has 1 aromatic carbocycles. The fourth-order valence-corrected chi connectivity index (χ4v) is 3.16. The fraction of sp³-hybridized carbons (Fsp3) is 0.333. The summed E-state index contributed by atoms with van der Waals surface area (Å²) in [5.41, 5.74) is 1.32. The predicted octanol–water partition coefficient (Wildman–Crippen LogP) is 3.55. The number of carbonyl (C=O) groups excluding carboxylic acids is 3. The zero-order valence-electron chi connectivity index (χ0n) is 15.3. The molecule has 2 rings (SSSR count). The first kappa shape index (κ1) is 20.9. The Kier molecular flexibility index (Phi) is 6.92. The molecule has 2 N–H and O–H groups in total. The van der Waals surface area contributed by atoms with Crippen LogP contribution < -0.4 is 10.6 Å². The van der Waals surface area contributed by atoms with E-state index in [1.54, 1.807) is 45.0 Å². The summed E-state index contributed by atoms with van der Waals surface area (Å²) < 4.78 is 5.17. The highest BCUT2D eigenvalue weighted by Gasteiger charge is 2.24. The molecule has 0 saturated heterocycles. The fourth-order valence-electron chi connectivity index (χ4n) is 2.08. The molecule has 3 amide bonds. The number of hydrogen-bond acceptors (Lipinski definition) is 6. The number of aryl methyl sites for hydroxylation is 1. The number of ether oxygens (including phenoxy) is 1. The molecule has 1 atom stereocenters. The van der Waals surface area contributed by atoms with Gasteiger partial charge in [-0.25, -0.2) is 14.6 Å². The molecular formula is C18H20ClN3O4S. The Bertz CT molecular complexity index is 849. The summed E-state index contributed by atoms with van der Waals surface area (Å²) in [6.45, 7) is 6.61. The molecule has 1 unspecified atom stereocenters. The second-order valence-corrected chi connectivity index (χ2v) is 7.54. The maximum absolute atomic E-state index is 12.4. The van der Waals surface area contributed by atoms with Gasteiger partial charge in [-0.2, -0.15) is 0 Å². The third kappa shape index (κ3) is 5.77. The van der Waals surface area contributed by atoms with E-state index in [1.165, 1.54) is 6.92 Å². The summed E-state index contributed by atoms with van der Waals surface area (Å²) in [5.74, 6) is -1.38. The van der Waals surface area contributed by atoms with Gasteiger partial charge < -0.3 is 10.1 Å². The Morgan fingerprint density at radius 3 is 2.37 bits per heavy atom. The van der Waals surface area contributed by atoms with Crippen LogP contribution in [0.1, 0.15) is 36.1 Å². The van der Waals surface area contributed by atoms with Crippen LogP contribution in [-0.2, 0) is 9.53 Å². The van der Waals surface area contributed by atoms with Crippen molar-refractivity contribution in [3.63, 3.8) is 0 Å². The van der Waals surface area contributed by atoms with Gasteiger partial charge in [-0.15, -0.1) is 11.3 Å². The standard InChI is InChI=1S/C18H20ClN3O4S/c1-9(2)20-18(25)22-15(23)11(4)26-17(24)14-10(3)21-16(27-14)12-5-7-13(19)8-6-12/h5-9,11H,1-4H3,(H2,20,22,23,25). The summed E-state index contributed by atoms with van der Waals surface area (Å²) in [6.07, 6.45) is -1.13. The molecule has 0 bridgehead atoms. The lowest BCUT2D eigenvalue weighted by Crippen LogP contribution is -2.46. The Labute approximate surface area is 166 Å². The Morgan fingerprint density at radius 1 is 1.15 bits per heavy atom. The van der Waals surface area contributed by atoms with Gasteiger partial charge in [-0.1, -0.05) is 23.7 Å². The van der Waals surface area contributed by atoms with Crippen molar-refractivity contribution in [2.45, 2.75) is 39.8 Å². The highest BCUT2D eigenvalue weighted by atomic mass is 35.5. The van der Waals surface area contributed by atoms with E-state index in [0.717, 1.165) is 16.9 Å². The second-order valence-electron chi connectivity index (χ2n) is 6.11. The predicted molar refractivity (Wildman–Crippen MR) is 104 cm³/mol. The van der Waals surface area contributed by atoms with Gasteiger partial charge in [0.05, 0.1) is 5.69 Å². The average molecular weight is 410 g/mol. The third-order valence-corrected chi connectivity index (χ3v) is 4.82. The summed E-state index contributed by atoms with van der Waals surface area (Å²) >= 11 is 7.04. The van der Waals surface area contributed by atoms with Gasteiger partial charge in [-0.05, 0) is 39.8 Å². The molecule has 0 aliphatic heterocycles. The van der Waals surface area contributed by atoms with Crippen LogP contribution in [0.15, 0.2) is 24.3 Å². The molecule has 0 aliphatic carbocycles. The van der Waals surface area contributed by atoms with Crippen LogP contribution in [0, 0.1) is 6.92 Å². The van der Waals surface area contributed by atoms with E-state index in [0.29, 0.717) is 20.6 Å². The summed E-state index contributed by atoms with van der Waals surface area (Å²) in [7, 11) is 0. The Hall–Kier alpha value is -2.45. The Balaban J connectivity index is 2.04. The maximum atomic E-state index is 12.4. The van der Waals surface area contributed by atoms with Crippen LogP contribution in [0.3, 0.4) is 0 Å². The molecular weight excluding hydrogens is 390 g/mol. The van der Waals surface area contributed by atoms with E-state index in [2.05, 4.69) is 15.6 Å². The molecule has 144 valence electrons. The summed E-state index contributed by atoms with van der Waals surface area (Å²) in [4.78, 5) is 40.6. The van der Waals surface area contributed by atoms with Gasteiger partial charge in [0.1, 0.15) is 9.88 Å². The number of nitrogens with zero attached hydrogens (tertiary/aromatic N) is 1. The largest absolute Gasteiger partial charge is 0.448 e. The molecule has 2 aromatic rings. The summed E-state index contributed by atoms with van der Waals surface area (Å²) in [5, 5.41) is 5.89. The first-order valence-electron chi connectivity index (χ1n) is 8.23. The van der Waals surface area contributed by atoms with E-state index in [4.69, 9.17) is 16.3 Å². The van der Waals surface area contributed by atoms with Crippen molar-refractivity contribution in [1.82, 2.24) is 15.6 Å². The lowest BCUT2D eigenvalue weighted by atomic mass is 10.2. The SMILES string of the molecule is Cc1nc(-c2ccc(Cl)cc2)sc1C(=O)OC(C)C(=O)NC(=O)NC(C)C. The second kappa shape index (κ2) is 8.96. The number of hydrogen-bond donors (Lipinski definition) is 2. The lowest BCUT2D eigenvalue weighted by Gasteiger charge is -2.14. The monoisotopic (exact) mass is 409 g/mol. The van der Waals surface area contributed by atoms with Crippen molar-refractivity contribution >= 4 is 40.8 Å². The summed E-state index contributed by atoms with van der Waals surface area (Å²) in [6, 6.07) is 6.32. The molecule has 1 heterocycles. The molecule has 0 radical (unpaired) electrons. The highest BCUT2D eigenvalue weighted by Crippen LogP contribution is 2.29. The van der Waals surface area contributed by atoms with Gasteiger partial charge in [0.2, 0.25) is 0 Å². The van der Waals surface area contributed by atoms with Crippen molar-refractivity contribution in [2.75, 3.05) is 0 Å². The van der Waals surface area contributed by atoms with Crippen LogP contribution in [0.25, 0.3) is 10.6 Å². The number of halogens is 1. The minimum atomic E-state index is -1.13. The van der Waals surface area contributed by atoms with E-state index >= 15 is 0 Å². The smallest absolute Gasteiger partial charge is 0.351 e. The Morgan fingerprint density at radius 2 is 1.78 bits per heavy atom. The van der Waals surface area contributed by atoms with Gasteiger partial charge in [0.15, 0.2) is 6.10 Å². The number of aromatic nitrogens is 1. The van der Waals surface area contributed by atoms with Crippen LogP contribution in [0.4, 0.5) is 4.79 Å². The van der Waals surface area contributed by atoms with Crippen LogP contribution in [0.5, 0.6) is 0 Å². The number of urea groups is 1. The van der Waals surface area contributed by atoms with E-state index in [-0.39, 0.29) is 6.04 Å². The van der Waals surface area contributed by atoms with Gasteiger partial charge in [-0.3, -0.25) is 10.1 Å². The normalized spacial score (nSPS) is 11.8. The van der Waals surface area contributed by atoms with Gasteiger partial charge >= 0.3 is 12.0 Å². The number of thiazole rings is 1. The highest BCUT2D eigenvalue weighted by molar-refractivity contribution is 7.17. The van der Waals surface area contributed by atoms with Crippen molar-refractivity contribution in [3.8, 4) is 10.6 Å². The first-order valence-corrected chi connectivity index (χ1v) is 9.42. The molecule has 27 heavy (non-hydrogen) atoms. The average Bonchev–Trinajstić information content (AvgIpc) is 2.96. The minimum Gasteiger partial charge on any atom is -0.448 e. The van der Waals surface area contributed by atoms with E-state index in [1.807, 2.05) is 0 Å². The number of benzene rings is 1. The maximum Gasteiger partial charge on any atom is 0.351 e. The number of rotatable bonds is 5. The molecule has 7 nitrogen and oxygen atoms in total. The van der Waals surface area contributed by atoms with Crippen molar-refractivity contribution in [1.29, 1.82) is 0 Å². The van der Waals surface area contributed by atoms with Crippen LogP contribution in [0.2, 0.25) is 5.02 Å². The van der Waals surface area contributed by atoms with Crippen molar-refractivity contribution in [2.24, 2.45) is 0 Å². The third-order valence-electron chi connectivity index (χ3n) is 3.38. The number of imide groups is 1.